The maximum Gasteiger partial charge on any atom is 0.289 e. The first-order valence-electron chi connectivity index (χ1n) is 10.7. The van der Waals surface area contributed by atoms with Crippen LogP contribution < -0.4 is 21.1 Å². The quantitative estimate of drug-likeness (QED) is 0.399. The third-order valence-corrected chi connectivity index (χ3v) is 5.17. The van der Waals surface area contributed by atoms with Crippen LogP contribution in [0.4, 0.5) is 23.0 Å². The summed E-state index contributed by atoms with van der Waals surface area (Å²) in [5.74, 6) is 2.08. The lowest BCUT2D eigenvalue weighted by Gasteiger charge is -2.13. The molecule has 0 aliphatic carbocycles. The van der Waals surface area contributed by atoms with Crippen molar-refractivity contribution in [3.05, 3.63) is 60.7 Å². The maximum absolute atomic E-state index is 5.84. The van der Waals surface area contributed by atoms with Gasteiger partial charge in [0.15, 0.2) is 0 Å². The van der Waals surface area contributed by atoms with E-state index in [-0.39, 0.29) is 5.54 Å². The van der Waals surface area contributed by atoms with Gasteiger partial charge in [0.05, 0.1) is 11.1 Å². The molecule has 0 fully saturated rings. The average molecular weight is 457 g/mol. The van der Waals surface area contributed by atoms with Crippen molar-refractivity contribution in [1.82, 2.24) is 19.9 Å². The molecule has 0 bridgehead atoms. The smallest absolute Gasteiger partial charge is 0.289 e. The van der Waals surface area contributed by atoms with E-state index >= 15 is 0 Å². The minimum Gasteiger partial charge on any atom is -0.462 e. The number of nitrogen functional groups attached to an aromatic ring is 1. The summed E-state index contributed by atoms with van der Waals surface area (Å²) < 4.78 is 11.5. The second kappa shape index (κ2) is 8.47. The van der Waals surface area contributed by atoms with Gasteiger partial charge in [-0.05, 0) is 62.7 Å². The Morgan fingerprint density at radius 2 is 1.74 bits per heavy atom. The van der Waals surface area contributed by atoms with E-state index in [1.807, 2.05) is 57.2 Å². The number of nitrogens with two attached hydrogens (primary N) is 1. The molecule has 2 aromatic heterocycles. The number of hydrogen-bond donors (Lipinski definition) is 3. The third kappa shape index (κ3) is 4.65. The first kappa shape index (κ1) is 21.4. The summed E-state index contributed by atoms with van der Waals surface area (Å²) in [6.45, 7) is 6.55. The van der Waals surface area contributed by atoms with Gasteiger partial charge in [-0.3, -0.25) is 0 Å². The van der Waals surface area contributed by atoms with Crippen molar-refractivity contribution in [2.75, 3.05) is 23.0 Å². The lowest BCUT2D eigenvalue weighted by molar-refractivity contribution is 0.278. The summed E-state index contributed by atoms with van der Waals surface area (Å²) in [5, 5.41) is 7.47. The lowest BCUT2D eigenvalue weighted by atomic mass is 10.1. The fourth-order valence-electron chi connectivity index (χ4n) is 3.51. The zero-order chi connectivity index (χ0) is 23.7. The number of nitrogens with one attached hydrogen (secondary N) is 2. The molecule has 5 rings (SSSR count). The van der Waals surface area contributed by atoms with Gasteiger partial charge in [-0.25, -0.2) is 24.9 Å². The number of aliphatic imine (C=N–C) groups is 1. The molecular weight excluding hydrogens is 432 g/mol. The highest BCUT2D eigenvalue weighted by Gasteiger charge is 2.26. The molecule has 1 aliphatic heterocycles. The van der Waals surface area contributed by atoms with Crippen LogP contribution in [0.3, 0.4) is 0 Å². The van der Waals surface area contributed by atoms with Crippen molar-refractivity contribution < 1.29 is 9.47 Å². The number of hydrogen-bond acceptors (Lipinski definition) is 10. The SMILES string of the molecule is Cc1cc(Nc2ncnc3ccc(NC4=NC(C)(C)CO4)cc23)ccc1Oc1cc(N)ncn1. The molecule has 3 heterocycles. The second-order valence-corrected chi connectivity index (χ2v) is 8.59. The third-order valence-electron chi connectivity index (χ3n) is 5.17. The Hall–Kier alpha value is -4.47. The number of anilines is 4. The van der Waals surface area contributed by atoms with Crippen LogP contribution in [0.5, 0.6) is 11.6 Å². The maximum atomic E-state index is 5.84. The molecule has 4 aromatic rings. The van der Waals surface area contributed by atoms with E-state index in [1.54, 1.807) is 6.07 Å². The van der Waals surface area contributed by atoms with Gasteiger partial charge in [0.1, 0.15) is 36.6 Å². The number of aromatic nitrogens is 4. The Kier molecular flexibility index (Phi) is 5.33. The number of rotatable bonds is 5. The molecule has 4 N–H and O–H groups in total. The Labute approximate surface area is 196 Å². The molecule has 1 aliphatic rings. The minimum atomic E-state index is -0.233. The molecule has 34 heavy (non-hydrogen) atoms. The number of fused-ring (bicyclic) bond motifs is 1. The van der Waals surface area contributed by atoms with Gasteiger partial charge in [0.2, 0.25) is 5.88 Å². The average Bonchev–Trinajstić information content (AvgIpc) is 3.14. The van der Waals surface area contributed by atoms with Crippen molar-refractivity contribution in [3.63, 3.8) is 0 Å². The van der Waals surface area contributed by atoms with E-state index < -0.39 is 0 Å². The van der Waals surface area contributed by atoms with Gasteiger partial charge in [-0.15, -0.1) is 0 Å². The van der Waals surface area contributed by atoms with E-state index in [1.165, 1.54) is 12.7 Å². The normalized spacial score (nSPS) is 14.4. The number of benzene rings is 2. The Morgan fingerprint density at radius 3 is 2.50 bits per heavy atom. The van der Waals surface area contributed by atoms with Crippen LogP contribution in [-0.4, -0.2) is 38.1 Å². The zero-order valence-corrected chi connectivity index (χ0v) is 19.0. The number of aryl methyl sites for hydroxylation is 1. The largest absolute Gasteiger partial charge is 0.462 e. The minimum absolute atomic E-state index is 0.233. The van der Waals surface area contributed by atoms with Crippen LogP contribution in [-0.2, 0) is 4.74 Å². The van der Waals surface area contributed by atoms with Gasteiger partial charge < -0.3 is 25.8 Å². The summed E-state index contributed by atoms with van der Waals surface area (Å²) >= 11 is 0. The van der Waals surface area contributed by atoms with Crippen LogP contribution >= 0.6 is 0 Å². The van der Waals surface area contributed by atoms with Gasteiger partial charge in [0, 0.05) is 22.8 Å². The number of amidine groups is 1. The van der Waals surface area contributed by atoms with Gasteiger partial charge in [-0.1, -0.05) is 0 Å². The summed E-state index contributed by atoms with van der Waals surface area (Å²) in [7, 11) is 0. The topological polar surface area (TPSA) is 132 Å². The summed E-state index contributed by atoms with van der Waals surface area (Å²) in [6.07, 6.45) is 2.90. The fraction of sp³-hybridized carbons (Fsp3) is 0.208. The van der Waals surface area contributed by atoms with Crippen molar-refractivity contribution in [2.24, 2.45) is 4.99 Å². The van der Waals surface area contributed by atoms with E-state index in [2.05, 4.69) is 35.6 Å². The van der Waals surface area contributed by atoms with E-state index in [9.17, 15) is 0 Å². The van der Waals surface area contributed by atoms with Gasteiger partial charge in [0.25, 0.3) is 6.02 Å². The molecule has 0 saturated carbocycles. The molecule has 10 nitrogen and oxygen atoms in total. The molecule has 2 aromatic carbocycles. The predicted molar refractivity (Wildman–Crippen MR) is 132 cm³/mol. The van der Waals surface area contributed by atoms with Crippen molar-refractivity contribution in [1.29, 1.82) is 0 Å². The van der Waals surface area contributed by atoms with Crippen molar-refractivity contribution in [3.8, 4) is 11.6 Å². The lowest BCUT2D eigenvalue weighted by Crippen LogP contribution is -2.17. The van der Waals surface area contributed by atoms with Gasteiger partial charge in [-0.2, -0.15) is 0 Å². The van der Waals surface area contributed by atoms with E-state index in [4.69, 9.17) is 15.2 Å². The van der Waals surface area contributed by atoms with Crippen LogP contribution in [0.25, 0.3) is 10.9 Å². The highest BCUT2D eigenvalue weighted by molar-refractivity contribution is 5.97. The fourth-order valence-corrected chi connectivity index (χ4v) is 3.51. The molecule has 0 unspecified atom stereocenters. The summed E-state index contributed by atoms with van der Waals surface area (Å²) in [5.41, 5.74) is 8.90. The monoisotopic (exact) mass is 456 g/mol. The number of nitrogens with zero attached hydrogens (tertiary/aromatic N) is 5. The summed E-state index contributed by atoms with van der Waals surface area (Å²) in [6, 6.07) is 13.7. The highest BCUT2D eigenvalue weighted by Crippen LogP contribution is 2.30. The highest BCUT2D eigenvalue weighted by atomic mass is 16.5. The van der Waals surface area contributed by atoms with E-state index in [0.717, 1.165) is 27.8 Å². The van der Waals surface area contributed by atoms with Crippen LogP contribution in [0.2, 0.25) is 0 Å². The summed E-state index contributed by atoms with van der Waals surface area (Å²) in [4.78, 5) is 21.3. The zero-order valence-electron chi connectivity index (χ0n) is 19.0. The number of ether oxygens (including phenoxy) is 2. The Morgan fingerprint density at radius 1 is 0.941 bits per heavy atom. The van der Waals surface area contributed by atoms with Crippen molar-refractivity contribution in [2.45, 2.75) is 26.3 Å². The van der Waals surface area contributed by atoms with Gasteiger partial charge >= 0.3 is 0 Å². The molecule has 10 heteroatoms. The predicted octanol–water partition coefficient (Wildman–Crippen LogP) is 4.42. The molecule has 0 saturated heterocycles. The molecule has 0 amide bonds. The Balaban J connectivity index is 1.38. The molecular formula is C24H24N8O2. The standard InChI is InChI=1S/C24H24N8O2/c1-14-8-15(5-7-19(14)34-21-10-20(25)27-13-28-21)30-22-17-9-16(4-6-18(17)26-12-29-22)31-23-32-24(2,3)11-33-23/h4-10,12-13H,11H2,1-3H3,(H,31,32)(H2,25,27,28)(H,26,29,30). The van der Waals surface area contributed by atoms with Crippen LogP contribution in [0.15, 0.2) is 60.1 Å². The Bertz CT molecular complexity index is 1400. The first-order chi connectivity index (χ1) is 16.3. The van der Waals surface area contributed by atoms with Crippen molar-refractivity contribution >= 4 is 39.9 Å². The molecule has 0 radical (unpaired) electrons. The van der Waals surface area contributed by atoms with Crippen LogP contribution in [0, 0.1) is 6.92 Å². The van der Waals surface area contributed by atoms with Crippen LogP contribution in [0.1, 0.15) is 19.4 Å². The van der Waals surface area contributed by atoms with E-state index in [0.29, 0.717) is 35.9 Å². The molecule has 172 valence electrons. The molecule has 0 atom stereocenters. The molecule has 0 spiro atoms. The second-order valence-electron chi connectivity index (χ2n) is 8.59. The first-order valence-corrected chi connectivity index (χ1v) is 10.7.